The minimum atomic E-state index is -1.12. The highest BCUT2D eigenvalue weighted by Crippen LogP contribution is 2.41. The molecule has 196 valence electrons. The number of carbonyl (C=O) groups is 1. The minimum absolute atomic E-state index is 0.0847. The van der Waals surface area contributed by atoms with Gasteiger partial charge in [0.05, 0.1) is 39.7 Å². The molecule has 1 aliphatic rings. The summed E-state index contributed by atoms with van der Waals surface area (Å²) in [4.78, 5) is 23.5. The Kier molecular flexibility index (Phi) is 9.94. The van der Waals surface area contributed by atoms with E-state index in [0.717, 1.165) is 0 Å². The highest BCUT2D eigenvalue weighted by molar-refractivity contribution is 7.29. The monoisotopic (exact) mass is 521 g/mol. The van der Waals surface area contributed by atoms with Gasteiger partial charge in [0.1, 0.15) is 23.4 Å². The number of nitrogens with zero attached hydrogens (tertiary/aromatic N) is 3. The van der Waals surface area contributed by atoms with Crippen molar-refractivity contribution in [3.8, 4) is 5.75 Å². The summed E-state index contributed by atoms with van der Waals surface area (Å²) in [7, 11) is -0.0904. The molecule has 0 radical (unpaired) electrons. The molecule has 13 heteroatoms. The molecule has 0 amide bonds. The van der Waals surface area contributed by atoms with E-state index >= 15 is 0 Å². The number of esters is 1. The summed E-state index contributed by atoms with van der Waals surface area (Å²) < 4.78 is 18.5. The fourth-order valence-corrected chi connectivity index (χ4v) is 4.34. The molecule has 12 nitrogen and oxygen atoms in total. The van der Waals surface area contributed by atoms with Gasteiger partial charge in [0.2, 0.25) is 0 Å². The molecule has 0 spiro atoms. The second kappa shape index (κ2) is 12.9. The lowest BCUT2D eigenvalue weighted by molar-refractivity contribution is -0.141. The third-order valence-corrected chi connectivity index (χ3v) is 6.28. The molecule has 5 N–H and O–H groups in total. The summed E-state index contributed by atoms with van der Waals surface area (Å²) in [5, 5.41) is 22.6. The molecule has 3 heterocycles. The van der Waals surface area contributed by atoms with Gasteiger partial charge >= 0.3 is 5.97 Å². The van der Waals surface area contributed by atoms with E-state index in [-0.39, 0.29) is 33.7 Å². The highest BCUT2D eigenvalue weighted by Gasteiger charge is 2.47. The molecule has 4 rings (SSSR count). The predicted octanol–water partition coefficient (Wildman–Crippen LogP) is 2.66. The predicted molar refractivity (Wildman–Crippen MR) is 134 cm³/mol. The smallest absolute Gasteiger partial charge is 0.320 e. The molecule has 1 aliphatic heterocycles. The number of nitrogen functional groups attached to an aromatic ring is 1. The average Bonchev–Trinajstić information content (AvgIpc) is 3.43. The first kappa shape index (κ1) is 27.7. The second-order valence-electron chi connectivity index (χ2n) is 8.30. The molecule has 3 aromatic rings. The Balaban J connectivity index is 0.000000383. The van der Waals surface area contributed by atoms with Crippen molar-refractivity contribution in [1.82, 2.24) is 19.6 Å². The second-order valence-corrected chi connectivity index (χ2v) is 9.09. The summed E-state index contributed by atoms with van der Waals surface area (Å²) >= 11 is 0. The lowest BCUT2D eigenvalue weighted by Gasteiger charge is -2.25. The van der Waals surface area contributed by atoms with Crippen LogP contribution in [-0.2, 0) is 18.8 Å². The number of aliphatic hydroxyl groups is 1. The number of para-hydroxylation sites is 1. The Morgan fingerprint density at radius 3 is 2.78 bits per heavy atom. The maximum absolute atomic E-state index is 11.3. The normalized spacial score (nSPS) is 22.4. The topological polar surface area (TPSA) is 163 Å². The third kappa shape index (κ3) is 7.10. The minimum Gasteiger partial charge on any atom is -0.465 e. The molecule has 0 bridgehead atoms. The van der Waals surface area contributed by atoms with Crippen LogP contribution >= 0.6 is 8.96 Å². The van der Waals surface area contributed by atoms with Gasteiger partial charge in [0, 0.05) is 12.6 Å². The molecule has 1 aromatic carbocycles. The van der Waals surface area contributed by atoms with E-state index in [1.807, 2.05) is 13.0 Å². The van der Waals surface area contributed by atoms with Gasteiger partial charge < -0.3 is 34.3 Å². The van der Waals surface area contributed by atoms with E-state index < -0.39 is 11.8 Å². The van der Waals surface area contributed by atoms with Gasteiger partial charge in [0.15, 0.2) is 12.0 Å². The van der Waals surface area contributed by atoms with Crippen LogP contribution in [0.1, 0.15) is 33.4 Å². The number of rotatable bonds is 9. The van der Waals surface area contributed by atoms with Gasteiger partial charge in [0.25, 0.3) is 0 Å². The Morgan fingerprint density at radius 2 is 2.11 bits per heavy atom. The van der Waals surface area contributed by atoms with Gasteiger partial charge in [-0.1, -0.05) is 18.2 Å². The maximum atomic E-state index is 11.3. The van der Waals surface area contributed by atoms with Gasteiger partial charge in [-0.3, -0.25) is 9.88 Å². The van der Waals surface area contributed by atoms with E-state index in [4.69, 9.17) is 25.0 Å². The van der Waals surface area contributed by atoms with Gasteiger partial charge in [-0.05, 0) is 39.0 Å². The highest BCUT2D eigenvalue weighted by atomic mass is 31.1. The van der Waals surface area contributed by atoms with Gasteiger partial charge in [-0.2, -0.15) is 0 Å². The maximum Gasteiger partial charge on any atom is 0.320 e. The molecule has 0 aliphatic carbocycles. The van der Waals surface area contributed by atoms with Crippen LogP contribution in [-0.4, -0.2) is 61.8 Å². The van der Waals surface area contributed by atoms with Crippen molar-refractivity contribution in [2.45, 2.75) is 51.2 Å². The zero-order valence-corrected chi connectivity index (χ0v) is 21.3. The van der Waals surface area contributed by atoms with Crippen LogP contribution in [0.25, 0.3) is 11.0 Å². The fourth-order valence-electron chi connectivity index (χ4n) is 3.70. The number of hydrogen-bond donors (Lipinski definition) is 4. The summed E-state index contributed by atoms with van der Waals surface area (Å²) in [5.41, 5.74) is 5.38. The zero-order valence-electron chi connectivity index (χ0n) is 20.3. The van der Waals surface area contributed by atoms with Crippen LogP contribution in [0.15, 0.2) is 48.9 Å². The number of nitrogens with one attached hydrogen (secondary N) is 1. The summed E-state index contributed by atoms with van der Waals surface area (Å²) in [6.07, 6.45) is 2.32. The van der Waals surface area contributed by atoms with E-state index in [2.05, 4.69) is 19.9 Å². The van der Waals surface area contributed by atoms with Gasteiger partial charge in [-0.25, -0.2) is 15.2 Å². The molecular weight excluding hydrogens is 489 g/mol. The van der Waals surface area contributed by atoms with Crippen molar-refractivity contribution in [2.75, 3.05) is 18.9 Å². The van der Waals surface area contributed by atoms with Crippen LogP contribution in [0.3, 0.4) is 0 Å². The summed E-state index contributed by atoms with van der Waals surface area (Å²) in [5.74, 6) is 0.517. The Labute approximate surface area is 210 Å². The fraction of sp³-hybridized carbons (Fsp3) is 0.435. The third-order valence-electron chi connectivity index (χ3n) is 5.47. The number of anilines is 1. The first-order valence-electron chi connectivity index (χ1n) is 11.4. The van der Waals surface area contributed by atoms with E-state index in [9.17, 15) is 9.90 Å². The molecule has 4 unspecified atom stereocenters. The van der Waals surface area contributed by atoms with Crippen LogP contribution in [0, 0.1) is 0 Å². The average molecular weight is 522 g/mol. The van der Waals surface area contributed by atoms with Crippen LogP contribution in [0.4, 0.5) is 5.82 Å². The number of ether oxygens (including phenoxy) is 2. The number of fused-ring (bicyclic) bond motifs is 1. The number of aromatic nitrogens is 3. The quantitative estimate of drug-likeness (QED) is 0.108. The van der Waals surface area contributed by atoms with Crippen molar-refractivity contribution >= 4 is 31.8 Å². The molecule has 5 atom stereocenters. The number of benzene rings is 1. The summed E-state index contributed by atoms with van der Waals surface area (Å²) in [6.45, 7) is 5.78. The Morgan fingerprint density at radius 1 is 1.36 bits per heavy atom. The zero-order chi connectivity index (χ0) is 26.1. The van der Waals surface area contributed by atoms with Crippen molar-refractivity contribution in [3.05, 3.63) is 48.9 Å². The molecular formula is C23H32N5O7P. The molecule has 1 fully saturated rings. The molecule has 1 saturated heterocycles. The van der Waals surface area contributed by atoms with E-state index in [0.29, 0.717) is 35.6 Å². The van der Waals surface area contributed by atoms with Crippen molar-refractivity contribution < 1.29 is 34.0 Å². The largest absolute Gasteiger partial charge is 0.465 e. The van der Waals surface area contributed by atoms with E-state index in [1.54, 1.807) is 54.9 Å². The first-order valence-corrected chi connectivity index (χ1v) is 12.3. The van der Waals surface area contributed by atoms with Crippen LogP contribution < -0.4 is 15.7 Å². The lowest BCUT2D eigenvalue weighted by Crippen LogP contribution is -2.32. The standard InChI is InChI=1S/C17H26N5O5P.C6H6O2/c1-4-25-13(23)8-21-28-27-10(2)12-7-17(3,24)16(26-12)22-6-5-11-14(18)19-9-20-15(11)22;7-8-6-4-2-1-3-5-6/h5-6,9-10,12,16,21,24,28H,4,7-8H2,1-3H3,(H2,18,19,20);1-5,7H/t10?,12?,16?,17-;/m1./s1. The number of carbonyl (C=O) groups excluding carboxylic acids is 1. The first-order chi connectivity index (χ1) is 17.3. The SMILES string of the molecule is CCOC(=O)CNPOC(C)C1C[C@@](C)(O)C(n2ccc3c(N)ncnc32)O1.OOc1ccccc1. The lowest BCUT2D eigenvalue weighted by atomic mass is 9.98. The number of nitrogens with two attached hydrogens (primary N) is 1. The molecule has 0 saturated carbocycles. The molecule has 36 heavy (non-hydrogen) atoms. The van der Waals surface area contributed by atoms with Crippen molar-refractivity contribution in [3.63, 3.8) is 0 Å². The number of hydrogen-bond acceptors (Lipinski definition) is 11. The van der Waals surface area contributed by atoms with E-state index in [1.165, 1.54) is 6.33 Å². The summed E-state index contributed by atoms with van der Waals surface area (Å²) in [6, 6.07) is 10.6. The van der Waals surface area contributed by atoms with Crippen LogP contribution in [0.2, 0.25) is 0 Å². The van der Waals surface area contributed by atoms with Gasteiger partial charge in [-0.15, -0.1) is 0 Å². The van der Waals surface area contributed by atoms with Crippen LogP contribution in [0.5, 0.6) is 5.75 Å². The Hall–Kier alpha value is -2.86. The van der Waals surface area contributed by atoms with Crippen molar-refractivity contribution in [1.29, 1.82) is 0 Å². The Bertz CT molecular complexity index is 1110. The molecule has 2 aromatic heterocycles. The van der Waals surface area contributed by atoms with Crippen molar-refractivity contribution in [2.24, 2.45) is 0 Å².